The van der Waals surface area contributed by atoms with Gasteiger partial charge in [0.2, 0.25) is 0 Å². The van der Waals surface area contributed by atoms with E-state index < -0.39 is 28.9 Å². The highest BCUT2D eigenvalue weighted by molar-refractivity contribution is 5.94. The van der Waals surface area contributed by atoms with Gasteiger partial charge in [-0.15, -0.1) is 0 Å². The van der Waals surface area contributed by atoms with E-state index in [0.717, 1.165) is 37.9 Å². The van der Waals surface area contributed by atoms with Gasteiger partial charge in [-0.05, 0) is 37.9 Å². The Morgan fingerprint density at radius 3 is 2.79 bits per heavy atom. The summed E-state index contributed by atoms with van der Waals surface area (Å²) >= 11 is 0. The van der Waals surface area contributed by atoms with Gasteiger partial charge in [-0.2, -0.15) is 0 Å². The first kappa shape index (κ1) is 13.9. The van der Waals surface area contributed by atoms with Gasteiger partial charge in [0.15, 0.2) is 17.5 Å². The Morgan fingerprint density at radius 1 is 1.32 bits per heavy atom. The average molecular weight is 272 g/mol. The zero-order valence-electron chi connectivity index (χ0n) is 10.3. The SMILES string of the molecule is O=C(NCC[C@H]1CCCN1)c1ccc(F)c(F)c1F. The summed E-state index contributed by atoms with van der Waals surface area (Å²) in [6, 6.07) is 2.04. The van der Waals surface area contributed by atoms with Crippen LogP contribution in [0.25, 0.3) is 0 Å². The van der Waals surface area contributed by atoms with E-state index in [4.69, 9.17) is 0 Å². The van der Waals surface area contributed by atoms with Crippen LogP contribution in [0.15, 0.2) is 12.1 Å². The minimum atomic E-state index is -1.62. The summed E-state index contributed by atoms with van der Waals surface area (Å²) in [5, 5.41) is 5.77. The van der Waals surface area contributed by atoms with Crippen LogP contribution in [0.2, 0.25) is 0 Å². The van der Waals surface area contributed by atoms with Crippen molar-refractivity contribution in [3.8, 4) is 0 Å². The molecule has 1 amide bonds. The van der Waals surface area contributed by atoms with Crippen LogP contribution in [0.3, 0.4) is 0 Å². The largest absolute Gasteiger partial charge is 0.352 e. The molecule has 1 aromatic rings. The van der Waals surface area contributed by atoms with Gasteiger partial charge < -0.3 is 10.6 Å². The van der Waals surface area contributed by atoms with Crippen molar-refractivity contribution in [1.82, 2.24) is 10.6 Å². The molecule has 1 aromatic carbocycles. The molecule has 6 heteroatoms. The van der Waals surface area contributed by atoms with Crippen LogP contribution in [0.1, 0.15) is 29.6 Å². The van der Waals surface area contributed by atoms with Crippen LogP contribution < -0.4 is 10.6 Å². The molecule has 1 heterocycles. The fraction of sp³-hybridized carbons (Fsp3) is 0.462. The fourth-order valence-corrected chi connectivity index (χ4v) is 2.16. The van der Waals surface area contributed by atoms with Gasteiger partial charge in [0.05, 0.1) is 5.56 Å². The summed E-state index contributed by atoms with van der Waals surface area (Å²) in [6.45, 7) is 1.34. The highest BCUT2D eigenvalue weighted by atomic mass is 19.2. The molecule has 0 radical (unpaired) electrons. The van der Waals surface area contributed by atoms with Crippen molar-refractivity contribution in [2.45, 2.75) is 25.3 Å². The number of halogens is 3. The van der Waals surface area contributed by atoms with Crippen molar-refractivity contribution < 1.29 is 18.0 Å². The van der Waals surface area contributed by atoms with Gasteiger partial charge in [-0.3, -0.25) is 4.79 Å². The molecule has 0 bridgehead atoms. The number of benzene rings is 1. The first-order valence-corrected chi connectivity index (χ1v) is 6.24. The molecule has 19 heavy (non-hydrogen) atoms. The third-order valence-electron chi connectivity index (χ3n) is 3.22. The van der Waals surface area contributed by atoms with E-state index in [1.54, 1.807) is 0 Å². The Kier molecular flexibility index (Phi) is 4.42. The molecule has 0 aromatic heterocycles. The Bertz CT molecular complexity index is 473. The highest BCUT2D eigenvalue weighted by Gasteiger charge is 2.19. The van der Waals surface area contributed by atoms with Crippen LogP contribution in [-0.4, -0.2) is 25.0 Å². The zero-order chi connectivity index (χ0) is 13.8. The molecule has 104 valence electrons. The molecule has 0 saturated carbocycles. The predicted molar refractivity (Wildman–Crippen MR) is 64.3 cm³/mol. The van der Waals surface area contributed by atoms with E-state index in [-0.39, 0.29) is 0 Å². The maximum absolute atomic E-state index is 13.4. The molecule has 0 aliphatic carbocycles. The second-order valence-electron chi connectivity index (χ2n) is 4.56. The number of amides is 1. The molecule has 0 spiro atoms. The minimum Gasteiger partial charge on any atom is -0.352 e. The normalized spacial score (nSPS) is 18.6. The van der Waals surface area contributed by atoms with E-state index >= 15 is 0 Å². The summed E-state index contributed by atoms with van der Waals surface area (Å²) in [6.07, 6.45) is 2.89. The number of hydrogen-bond donors (Lipinski definition) is 2. The summed E-state index contributed by atoms with van der Waals surface area (Å²) in [7, 11) is 0. The second-order valence-corrected chi connectivity index (χ2v) is 4.56. The summed E-state index contributed by atoms with van der Waals surface area (Å²) in [5.74, 6) is -5.10. The fourth-order valence-electron chi connectivity index (χ4n) is 2.16. The Labute approximate surface area is 109 Å². The molecule has 1 aliphatic heterocycles. The lowest BCUT2D eigenvalue weighted by atomic mass is 10.1. The summed E-state index contributed by atoms with van der Waals surface area (Å²) in [4.78, 5) is 11.6. The lowest BCUT2D eigenvalue weighted by Gasteiger charge is -2.11. The first-order chi connectivity index (χ1) is 9.09. The first-order valence-electron chi connectivity index (χ1n) is 6.24. The van der Waals surface area contributed by atoms with Gasteiger partial charge in [0, 0.05) is 12.6 Å². The number of carbonyl (C=O) groups is 1. The maximum Gasteiger partial charge on any atom is 0.254 e. The lowest BCUT2D eigenvalue weighted by molar-refractivity contribution is 0.0947. The highest BCUT2D eigenvalue weighted by Crippen LogP contribution is 2.15. The Hall–Kier alpha value is -1.56. The minimum absolute atomic E-state index is 0.357. The van der Waals surface area contributed by atoms with Gasteiger partial charge in [-0.1, -0.05) is 0 Å². The molecular weight excluding hydrogens is 257 g/mol. The Balaban J connectivity index is 1.90. The molecule has 0 unspecified atom stereocenters. The average Bonchev–Trinajstić information content (AvgIpc) is 2.89. The molecule has 2 N–H and O–H groups in total. The van der Waals surface area contributed by atoms with Crippen LogP contribution in [0.4, 0.5) is 13.2 Å². The van der Waals surface area contributed by atoms with E-state index in [1.165, 1.54) is 0 Å². The molecule has 3 nitrogen and oxygen atoms in total. The van der Waals surface area contributed by atoms with Crippen LogP contribution in [0, 0.1) is 17.5 Å². The standard InChI is InChI=1S/C13H15F3N2O/c14-10-4-3-9(11(15)12(10)16)13(19)18-7-5-8-2-1-6-17-8/h3-4,8,17H,1-2,5-7H2,(H,18,19)/t8-/m1/s1. The smallest absolute Gasteiger partial charge is 0.254 e. The molecule has 1 atom stereocenters. The number of hydrogen-bond acceptors (Lipinski definition) is 2. The van der Waals surface area contributed by atoms with Gasteiger partial charge >= 0.3 is 0 Å². The third kappa shape index (κ3) is 3.26. The van der Waals surface area contributed by atoms with E-state index in [0.29, 0.717) is 12.6 Å². The van der Waals surface area contributed by atoms with Gasteiger partial charge in [0.1, 0.15) is 0 Å². The summed E-state index contributed by atoms with van der Waals surface area (Å²) in [5.41, 5.74) is -0.474. The van der Waals surface area contributed by atoms with E-state index in [1.807, 2.05) is 0 Å². The molecule has 2 rings (SSSR count). The third-order valence-corrected chi connectivity index (χ3v) is 3.22. The second kappa shape index (κ2) is 6.06. The van der Waals surface area contributed by atoms with Crippen molar-refractivity contribution in [1.29, 1.82) is 0 Å². The number of rotatable bonds is 4. The van der Waals surface area contributed by atoms with Crippen molar-refractivity contribution >= 4 is 5.91 Å². The molecule has 1 saturated heterocycles. The van der Waals surface area contributed by atoms with Crippen molar-refractivity contribution in [2.24, 2.45) is 0 Å². The predicted octanol–water partition coefficient (Wildman–Crippen LogP) is 1.98. The zero-order valence-corrected chi connectivity index (χ0v) is 10.3. The van der Waals surface area contributed by atoms with Crippen molar-refractivity contribution in [3.05, 3.63) is 35.1 Å². The molecule has 1 aliphatic rings. The topological polar surface area (TPSA) is 41.1 Å². The maximum atomic E-state index is 13.4. The summed E-state index contributed by atoms with van der Waals surface area (Å²) < 4.78 is 39.1. The molecular formula is C13H15F3N2O. The van der Waals surface area contributed by atoms with E-state index in [9.17, 15) is 18.0 Å². The van der Waals surface area contributed by atoms with Crippen LogP contribution in [-0.2, 0) is 0 Å². The van der Waals surface area contributed by atoms with Gasteiger partial charge in [-0.25, -0.2) is 13.2 Å². The monoisotopic (exact) mass is 272 g/mol. The van der Waals surface area contributed by atoms with Crippen LogP contribution in [0.5, 0.6) is 0 Å². The number of nitrogens with one attached hydrogen (secondary N) is 2. The van der Waals surface area contributed by atoms with Crippen molar-refractivity contribution in [2.75, 3.05) is 13.1 Å². The quantitative estimate of drug-likeness (QED) is 0.823. The number of carbonyl (C=O) groups excluding carboxylic acids is 1. The van der Waals surface area contributed by atoms with Crippen molar-refractivity contribution in [3.63, 3.8) is 0 Å². The Morgan fingerprint density at radius 2 is 2.11 bits per heavy atom. The van der Waals surface area contributed by atoms with Gasteiger partial charge in [0.25, 0.3) is 5.91 Å². The molecule has 1 fully saturated rings. The lowest BCUT2D eigenvalue weighted by Crippen LogP contribution is -2.31. The van der Waals surface area contributed by atoms with E-state index in [2.05, 4.69) is 10.6 Å². The van der Waals surface area contributed by atoms with Crippen LogP contribution >= 0.6 is 0 Å².